The van der Waals surface area contributed by atoms with Crippen LogP contribution in [0.1, 0.15) is 5.69 Å². The van der Waals surface area contributed by atoms with Crippen molar-refractivity contribution in [3.8, 4) is 0 Å². The zero-order valence-corrected chi connectivity index (χ0v) is 10.2. The van der Waals surface area contributed by atoms with Crippen LogP contribution in [0.5, 0.6) is 0 Å². The third kappa shape index (κ3) is 2.96. The fraction of sp³-hybridized carbons (Fsp3) is 0.333. The average Bonchev–Trinajstić information content (AvgIpc) is 2.33. The van der Waals surface area contributed by atoms with Gasteiger partial charge in [0.05, 0.1) is 12.2 Å². The number of nitrogen functional groups attached to an aromatic ring is 1. The number of anilines is 1. The molecule has 1 aromatic heterocycles. The van der Waals surface area contributed by atoms with E-state index in [1.165, 1.54) is 5.70 Å². The van der Waals surface area contributed by atoms with Gasteiger partial charge in [0.15, 0.2) is 0 Å². The molecule has 5 heteroatoms. The van der Waals surface area contributed by atoms with E-state index in [0.29, 0.717) is 5.82 Å². The Bertz CT molecular complexity index is 433. The summed E-state index contributed by atoms with van der Waals surface area (Å²) in [6.07, 6.45) is 6.35. The molecule has 0 unspecified atom stereocenters. The van der Waals surface area contributed by atoms with Crippen molar-refractivity contribution < 1.29 is 0 Å². The Hall–Kier alpha value is -2.04. The van der Waals surface area contributed by atoms with Gasteiger partial charge in [-0.15, -0.1) is 5.10 Å². The molecule has 0 aromatic carbocycles. The van der Waals surface area contributed by atoms with Crippen molar-refractivity contribution in [2.45, 2.75) is 6.54 Å². The van der Waals surface area contributed by atoms with E-state index in [0.717, 1.165) is 18.8 Å². The van der Waals surface area contributed by atoms with Crippen molar-refractivity contribution in [2.75, 3.05) is 26.4 Å². The van der Waals surface area contributed by atoms with Gasteiger partial charge in [-0.3, -0.25) is 0 Å². The van der Waals surface area contributed by atoms with E-state index in [4.69, 9.17) is 5.73 Å². The van der Waals surface area contributed by atoms with Crippen LogP contribution in [0.4, 0.5) is 5.82 Å². The number of nitrogens with two attached hydrogens (primary N) is 1. The third-order valence-electron chi connectivity index (χ3n) is 2.61. The van der Waals surface area contributed by atoms with Crippen molar-refractivity contribution in [3.63, 3.8) is 0 Å². The minimum absolute atomic E-state index is 0.456. The minimum atomic E-state index is 0.456. The van der Waals surface area contributed by atoms with Crippen LogP contribution in [0.3, 0.4) is 0 Å². The quantitative estimate of drug-likeness (QED) is 0.835. The number of rotatable bonds is 3. The topological polar surface area (TPSA) is 58.3 Å². The lowest BCUT2D eigenvalue weighted by Crippen LogP contribution is -2.23. The predicted octanol–water partition coefficient (Wildman–Crippen LogP) is 0.834. The Morgan fingerprint density at radius 3 is 2.71 bits per heavy atom. The van der Waals surface area contributed by atoms with Crippen LogP contribution in [0.25, 0.3) is 0 Å². The van der Waals surface area contributed by atoms with Gasteiger partial charge in [-0.05, 0) is 24.3 Å². The van der Waals surface area contributed by atoms with Crippen LogP contribution in [-0.4, -0.2) is 40.6 Å². The molecule has 0 radical (unpaired) electrons. The monoisotopic (exact) mass is 231 g/mol. The van der Waals surface area contributed by atoms with Crippen molar-refractivity contribution in [1.29, 1.82) is 0 Å². The highest BCUT2D eigenvalue weighted by Crippen LogP contribution is 2.11. The van der Waals surface area contributed by atoms with Gasteiger partial charge >= 0.3 is 0 Å². The Morgan fingerprint density at radius 2 is 2.18 bits per heavy atom. The zero-order valence-electron chi connectivity index (χ0n) is 10.2. The molecule has 0 saturated heterocycles. The van der Waals surface area contributed by atoms with Gasteiger partial charge in [0.2, 0.25) is 0 Å². The van der Waals surface area contributed by atoms with Gasteiger partial charge in [-0.1, -0.05) is 0 Å². The third-order valence-corrected chi connectivity index (χ3v) is 2.61. The molecular weight excluding hydrogens is 214 g/mol. The van der Waals surface area contributed by atoms with Crippen LogP contribution in [0, 0.1) is 0 Å². The molecule has 0 atom stereocenters. The molecule has 1 aliphatic heterocycles. The largest absolute Gasteiger partial charge is 0.382 e. The fourth-order valence-corrected chi connectivity index (χ4v) is 1.63. The van der Waals surface area contributed by atoms with Gasteiger partial charge in [0, 0.05) is 32.5 Å². The first-order chi connectivity index (χ1) is 8.15. The Kier molecular flexibility index (Phi) is 3.27. The van der Waals surface area contributed by atoms with Gasteiger partial charge in [-0.2, -0.15) is 5.10 Å². The van der Waals surface area contributed by atoms with Crippen molar-refractivity contribution in [3.05, 3.63) is 41.9 Å². The molecule has 0 amide bonds. The Balaban J connectivity index is 1.95. The number of hydrogen-bond donors (Lipinski definition) is 1. The Labute approximate surface area is 101 Å². The number of aromatic nitrogens is 2. The van der Waals surface area contributed by atoms with Gasteiger partial charge in [0.1, 0.15) is 5.82 Å². The van der Waals surface area contributed by atoms with E-state index in [1.807, 2.05) is 20.2 Å². The average molecular weight is 231 g/mol. The summed E-state index contributed by atoms with van der Waals surface area (Å²) in [7, 11) is 4.08. The van der Waals surface area contributed by atoms with Crippen LogP contribution in [0.2, 0.25) is 0 Å². The summed E-state index contributed by atoms with van der Waals surface area (Å²) >= 11 is 0. The summed E-state index contributed by atoms with van der Waals surface area (Å²) in [6, 6.07) is 3.68. The lowest BCUT2D eigenvalue weighted by atomic mass is 10.2. The number of nitrogens with zero attached hydrogens (tertiary/aromatic N) is 4. The predicted molar refractivity (Wildman–Crippen MR) is 67.8 cm³/mol. The van der Waals surface area contributed by atoms with E-state index in [-0.39, 0.29) is 0 Å². The highest BCUT2D eigenvalue weighted by Gasteiger charge is 2.07. The van der Waals surface area contributed by atoms with Crippen molar-refractivity contribution >= 4 is 5.82 Å². The molecule has 2 rings (SSSR count). The van der Waals surface area contributed by atoms with E-state index < -0.39 is 0 Å². The molecule has 17 heavy (non-hydrogen) atoms. The summed E-state index contributed by atoms with van der Waals surface area (Å²) in [6.45, 7) is 1.64. The van der Waals surface area contributed by atoms with E-state index >= 15 is 0 Å². The lowest BCUT2D eigenvalue weighted by Gasteiger charge is -2.24. The van der Waals surface area contributed by atoms with Crippen LogP contribution < -0.4 is 5.73 Å². The molecular formula is C12H17N5. The maximum Gasteiger partial charge on any atom is 0.146 e. The minimum Gasteiger partial charge on any atom is -0.382 e. The summed E-state index contributed by atoms with van der Waals surface area (Å²) in [5, 5.41) is 7.89. The summed E-state index contributed by atoms with van der Waals surface area (Å²) < 4.78 is 0. The highest BCUT2D eigenvalue weighted by molar-refractivity contribution is 5.26. The molecule has 1 aromatic rings. The van der Waals surface area contributed by atoms with Gasteiger partial charge in [-0.25, -0.2) is 0 Å². The second-order valence-corrected chi connectivity index (χ2v) is 4.22. The summed E-state index contributed by atoms with van der Waals surface area (Å²) in [4.78, 5) is 4.27. The zero-order chi connectivity index (χ0) is 12.3. The van der Waals surface area contributed by atoms with Crippen molar-refractivity contribution in [1.82, 2.24) is 20.0 Å². The van der Waals surface area contributed by atoms with E-state index in [2.05, 4.69) is 38.3 Å². The molecule has 0 saturated carbocycles. The van der Waals surface area contributed by atoms with E-state index in [9.17, 15) is 0 Å². The lowest BCUT2D eigenvalue weighted by molar-refractivity contribution is 0.386. The first-order valence-corrected chi connectivity index (χ1v) is 5.53. The number of allylic oxidation sites excluding steroid dienone is 1. The van der Waals surface area contributed by atoms with Crippen molar-refractivity contribution in [2.24, 2.45) is 0 Å². The maximum absolute atomic E-state index is 5.50. The van der Waals surface area contributed by atoms with Crippen LogP contribution in [-0.2, 0) is 6.54 Å². The first-order valence-electron chi connectivity index (χ1n) is 5.53. The number of hydrogen-bond acceptors (Lipinski definition) is 5. The first kappa shape index (κ1) is 11.4. The van der Waals surface area contributed by atoms with E-state index in [1.54, 1.807) is 6.07 Å². The standard InChI is InChI=1S/C12H17N5/c1-16(2)11-5-7-17(8-6-11)9-10-3-4-12(13)15-14-10/h3-7H,8-9H2,1-2H3,(H2,13,15). The molecule has 1 aliphatic rings. The maximum atomic E-state index is 5.50. The molecule has 0 fully saturated rings. The molecule has 0 spiro atoms. The van der Waals surface area contributed by atoms with Gasteiger partial charge < -0.3 is 15.5 Å². The summed E-state index contributed by atoms with van der Waals surface area (Å²) in [5.41, 5.74) is 7.64. The summed E-state index contributed by atoms with van der Waals surface area (Å²) in [5.74, 6) is 0.456. The second-order valence-electron chi connectivity index (χ2n) is 4.22. The molecule has 0 bridgehead atoms. The molecule has 5 nitrogen and oxygen atoms in total. The molecule has 0 aliphatic carbocycles. The highest BCUT2D eigenvalue weighted by atomic mass is 15.2. The molecule has 2 N–H and O–H groups in total. The smallest absolute Gasteiger partial charge is 0.146 e. The van der Waals surface area contributed by atoms with Crippen LogP contribution in [0.15, 0.2) is 36.2 Å². The normalized spacial score (nSPS) is 14.7. The molecule has 90 valence electrons. The number of likely N-dealkylation sites (N-methyl/N-ethyl adjacent to an activating group) is 1. The van der Waals surface area contributed by atoms with Gasteiger partial charge in [0.25, 0.3) is 0 Å². The fourth-order valence-electron chi connectivity index (χ4n) is 1.63. The second kappa shape index (κ2) is 4.86. The Morgan fingerprint density at radius 1 is 1.35 bits per heavy atom. The molecule has 2 heterocycles. The SMILES string of the molecule is CN(C)C1=CCN(Cc2ccc(N)nn2)C=C1. The van der Waals surface area contributed by atoms with Crippen LogP contribution >= 0.6 is 0 Å².